The Kier molecular flexibility index (Phi) is 3.33. The van der Waals surface area contributed by atoms with Crippen LogP contribution in [-0.4, -0.2) is 53.3 Å². The van der Waals surface area contributed by atoms with Crippen molar-refractivity contribution in [1.29, 1.82) is 0 Å². The Hall–Kier alpha value is -2.05. The highest BCUT2D eigenvalue weighted by Gasteiger charge is 2.25. The second-order valence-corrected chi connectivity index (χ2v) is 4.96. The lowest BCUT2D eigenvalue weighted by Gasteiger charge is -2.31. The molecular weight excluding hydrogens is 258 g/mol. The Balaban J connectivity index is 1.84. The zero-order valence-corrected chi connectivity index (χ0v) is 11.0. The van der Waals surface area contributed by atoms with Gasteiger partial charge in [-0.15, -0.1) is 0 Å². The Labute approximate surface area is 116 Å². The SMILES string of the molecule is Nc1ccc2[nH]c(C(=O)N3CCOC(CO)C3)cc2c1. The van der Waals surface area contributed by atoms with E-state index in [1.54, 1.807) is 17.0 Å². The molecule has 1 atom stereocenters. The summed E-state index contributed by atoms with van der Waals surface area (Å²) in [5.41, 5.74) is 7.82. The molecule has 0 saturated carbocycles. The largest absolute Gasteiger partial charge is 0.399 e. The number of hydrogen-bond donors (Lipinski definition) is 3. The summed E-state index contributed by atoms with van der Waals surface area (Å²) in [6, 6.07) is 7.29. The zero-order valence-electron chi connectivity index (χ0n) is 11.0. The van der Waals surface area contributed by atoms with Crippen LogP contribution in [0.25, 0.3) is 10.9 Å². The number of nitrogens with zero attached hydrogens (tertiary/aromatic N) is 1. The molecule has 1 aliphatic rings. The number of carbonyl (C=O) groups is 1. The lowest BCUT2D eigenvalue weighted by molar-refractivity contribution is -0.0448. The molecule has 4 N–H and O–H groups in total. The zero-order chi connectivity index (χ0) is 14.1. The highest BCUT2D eigenvalue weighted by Crippen LogP contribution is 2.20. The van der Waals surface area contributed by atoms with E-state index in [-0.39, 0.29) is 18.6 Å². The molecule has 20 heavy (non-hydrogen) atoms. The van der Waals surface area contributed by atoms with Crippen LogP contribution in [0.2, 0.25) is 0 Å². The van der Waals surface area contributed by atoms with Crippen molar-refractivity contribution in [3.05, 3.63) is 30.0 Å². The van der Waals surface area contributed by atoms with Crippen LogP contribution in [0, 0.1) is 0 Å². The first-order valence-electron chi connectivity index (χ1n) is 6.57. The van der Waals surface area contributed by atoms with E-state index in [1.165, 1.54) is 0 Å². The van der Waals surface area contributed by atoms with E-state index in [4.69, 9.17) is 15.6 Å². The molecule has 0 radical (unpaired) electrons. The molecule has 106 valence electrons. The van der Waals surface area contributed by atoms with Gasteiger partial charge in [0.15, 0.2) is 0 Å². The topological polar surface area (TPSA) is 91.6 Å². The van der Waals surface area contributed by atoms with Crippen molar-refractivity contribution in [2.45, 2.75) is 6.10 Å². The van der Waals surface area contributed by atoms with E-state index in [9.17, 15) is 4.79 Å². The number of rotatable bonds is 2. The Morgan fingerprint density at radius 2 is 2.35 bits per heavy atom. The normalized spacial score (nSPS) is 19.4. The summed E-state index contributed by atoms with van der Waals surface area (Å²) in [5.74, 6) is -0.0819. The van der Waals surface area contributed by atoms with Crippen LogP contribution >= 0.6 is 0 Å². The predicted molar refractivity (Wildman–Crippen MR) is 75.4 cm³/mol. The molecule has 1 aromatic carbocycles. The summed E-state index contributed by atoms with van der Waals surface area (Å²) in [6.07, 6.45) is -0.298. The number of carbonyl (C=O) groups excluding carboxylic acids is 1. The number of nitrogens with one attached hydrogen (secondary N) is 1. The van der Waals surface area contributed by atoms with Crippen LogP contribution in [0.3, 0.4) is 0 Å². The second kappa shape index (κ2) is 5.15. The number of aliphatic hydroxyl groups excluding tert-OH is 1. The van der Waals surface area contributed by atoms with Crippen LogP contribution < -0.4 is 5.73 Å². The van der Waals surface area contributed by atoms with E-state index >= 15 is 0 Å². The molecule has 1 aromatic heterocycles. The number of aliphatic hydroxyl groups is 1. The number of amides is 1. The van der Waals surface area contributed by atoms with E-state index in [0.717, 1.165) is 10.9 Å². The van der Waals surface area contributed by atoms with Gasteiger partial charge in [0.2, 0.25) is 0 Å². The van der Waals surface area contributed by atoms with Crippen LogP contribution in [0.5, 0.6) is 0 Å². The number of anilines is 1. The monoisotopic (exact) mass is 275 g/mol. The smallest absolute Gasteiger partial charge is 0.270 e. The quantitative estimate of drug-likeness (QED) is 0.699. The maximum absolute atomic E-state index is 12.4. The van der Waals surface area contributed by atoms with Crippen molar-refractivity contribution in [3.63, 3.8) is 0 Å². The molecule has 2 aromatic rings. The van der Waals surface area contributed by atoms with E-state index in [2.05, 4.69) is 4.98 Å². The average Bonchev–Trinajstić information content (AvgIpc) is 2.89. The number of nitrogen functional groups attached to an aromatic ring is 1. The van der Waals surface area contributed by atoms with Crippen LogP contribution in [0.15, 0.2) is 24.3 Å². The summed E-state index contributed by atoms with van der Waals surface area (Å²) < 4.78 is 5.35. The summed E-state index contributed by atoms with van der Waals surface area (Å²) >= 11 is 0. The number of hydrogen-bond acceptors (Lipinski definition) is 4. The van der Waals surface area contributed by atoms with Gasteiger partial charge >= 0.3 is 0 Å². The van der Waals surface area contributed by atoms with Crippen molar-refractivity contribution < 1.29 is 14.6 Å². The molecule has 1 saturated heterocycles. The Morgan fingerprint density at radius 1 is 1.50 bits per heavy atom. The predicted octanol–water partition coefficient (Wildman–Crippen LogP) is 0.583. The molecule has 3 rings (SSSR count). The standard InChI is InChI=1S/C14H17N3O3/c15-10-1-2-12-9(5-10)6-13(16-12)14(19)17-3-4-20-11(7-17)8-18/h1-2,5-6,11,16,18H,3-4,7-8,15H2. The van der Waals surface area contributed by atoms with Gasteiger partial charge in [0.1, 0.15) is 5.69 Å². The number of nitrogens with two attached hydrogens (primary N) is 1. The first-order chi connectivity index (χ1) is 9.67. The molecule has 1 unspecified atom stereocenters. The molecule has 1 fully saturated rings. The number of morpholine rings is 1. The average molecular weight is 275 g/mol. The van der Waals surface area contributed by atoms with Crippen molar-refractivity contribution in [2.75, 3.05) is 32.0 Å². The molecule has 2 heterocycles. The molecule has 0 spiro atoms. The number of aromatic amines is 1. The number of fused-ring (bicyclic) bond motifs is 1. The molecule has 6 heteroatoms. The van der Waals surface area contributed by atoms with E-state index in [0.29, 0.717) is 31.1 Å². The number of aromatic nitrogens is 1. The van der Waals surface area contributed by atoms with Crippen molar-refractivity contribution in [2.24, 2.45) is 0 Å². The molecule has 0 aliphatic carbocycles. The summed E-state index contributed by atoms with van der Waals surface area (Å²) in [7, 11) is 0. The van der Waals surface area contributed by atoms with Crippen LogP contribution in [0.4, 0.5) is 5.69 Å². The lowest BCUT2D eigenvalue weighted by atomic mass is 10.2. The fourth-order valence-electron chi connectivity index (χ4n) is 2.45. The minimum Gasteiger partial charge on any atom is -0.399 e. The van der Waals surface area contributed by atoms with Gasteiger partial charge in [-0.3, -0.25) is 4.79 Å². The Morgan fingerprint density at radius 3 is 3.15 bits per heavy atom. The first-order valence-corrected chi connectivity index (χ1v) is 6.57. The van der Waals surface area contributed by atoms with Crippen molar-refractivity contribution >= 4 is 22.5 Å². The lowest BCUT2D eigenvalue weighted by Crippen LogP contribution is -2.47. The third kappa shape index (κ3) is 2.35. The molecular formula is C14H17N3O3. The fourth-order valence-corrected chi connectivity index (χ4v) is 2.45. The van der Waals surface area contributed by atoms with E-state index in [1.807, 2.05) is 12.1 Å². The van der Waals surface area contributed by atoms with Gasteiger partial charge in [0.25, 0.3) is 5.91 Å². The number of H-pyrrole nitrogens is 1. The van der Waals surface area contributed by atoms with E-state index < -0.39 is 0 Å². The van der Waals surface area contributed by atoms with Gasteiger partial charge in [-0.1, -0.05) is 0 Å². The molecule has 1 aliphatic heterocycles. The molecule has 0 bridgehead atoms. The van der Waals surface area contributed by atoms with Crippen LogP contribution in [0.1, 0.15) is 10.5 Å². The highest BCUT2D eigenvalue weighted by atomic mass is 16.5. The minimum atomic E-state index is -0.298. The van der Waals surface area contributed by atoms with Gasteiger partial charge in [0, 0.05) is 29.7 Å². The minimum absolute atomic E-state index is 0.0764. The number of benzene rings is 1. The van der Waals surface area contributed by atoms with Gasteiger partial charge in [-0.05, 0) is 24.3 Å². The van der Waals surface area contributed by atoms with Gasteiger partial charge in [-0.25, -0.2) is 0 Å². The van der Waals surface area contributed by atoms with Gasteiger partial charge in [0.05, 0.1) is 19.3 Å². The Bertz CT molecular complexity index is 638. The third-order valence-corrected chi connectivity index (χ3v) is 3.50. The van der Waals surface area contributed by atoms with Crippen molar-refractivity contribution in [1.82, 2.24) is 9.88 Å². The maximum atomic E-state index is 12.4. The van der Waals surface area contributed by atoms with Crippen molar-refractivity contribution in [3.8, 4) is 0 Å². The summed E-state index contributed by atoms with van der Waals surface area (Å²) in [4.78, 5) is 17.2. The summed E-state index contributed by atoms with van der Waals surface area (Å²) in [6.45, 7) is 1.32. The molecule has 6 nitrogen and oxygen atoms in total. The summed E-state index contributed by atoms with van der Waals surface area (Å²) in [5, 5.41) is 10.0. The fraction of sp³-hybridized carbons (Fsp3) is 0.357. The first kappa shape index (κ1) is 13.0. The number of ether oxygens (including phenoxy) is 1. The highest BCUT2D eigenvalue weighted by molar-refractivity contribution is 5.98. The maximum Gasteiger partial charge on any atom is 0.270 e. The second-order valence-electron chi connectivity index (χ2n) is 4.96. The molecule has 1 amide bonds. The van der Waals surface area contributed by atoms with Crippen LogP contribution in [-0.2, 0) is 4.74 Å². The van der Waals surface area contributed by atoms with Gasteiger partial charge in [-0.2, -0.15) is 0 Å². The third-order valence-electron chi connectivity index (χ3n) is 3.50. The van der Waals surface area contributed by atoms with Gasteiger partial charge < -0.3 is 25.5 Å².